The molecule has 3 rings (SSSR count). The van der Waals surface area contributed by atoms with Crippen LogP contribution in [-0.4, -0.2) is 35.5 Å². The smallest absolute Gasteiger partial charge is 0.335 e. The summed E-state index contributed by atoms with van der Waals surface area (Å²) < 4.78 is 5.48. The van der Waals surface area contributed by atoms with Crippen LogP contribution in [0.15, 0.2) is 42.0 Å². The molecule has 0 radical (unpaired) electrons. The molecule has 1 aliphatic heterocycles. The molecule has 0 aromatic heterocycles. The van der Waals surface area contributed by atoms with Crippen LogP contribution in [-0.2, 0) is 9.59 Å². The third-order valence-corrected chi connectivity index (χ3v) is 4.71. The van der Waals surface area contributed by atoms with Gasteiger partial charge in [-0.1, -0.05) is 6.07 Å². The number of benzene rings is 2. The highest BCUT2D eigenvalue weighted by atomic mass is 16.5. The Balaban J connectivity index is 2.09. The van der Waals surface area contributed by atoms with Gasteiger partial charge in [-0.2, -0.15) is 0 Å². The van der Waals surface area contributed by atoms with E-state index >= 15 is 0 Å². The molecule has 1 fully saturated rings. The molecule has 8 nitrogen and oxygen atoms in total. The molecule has 2 aromatic carbocycles. The van der Waals surface area contributed by atoms with Gasteiger partial charge >= 0.3 is 12.0 Å². The van der Waals surface area contributed by atoms with Crippen LogP contribution in [0.4, 0.5) is 10.5 Å². The van der Waals surface area contributed by atoms with E-state index in [2.05, 4.69) is 5.32 Å². The molecule has 0 atom stereocenters. The number of barbiturate groups is 1. The van der Waals surface area contributed by atoms with Crippen LogP contribution in [0.1, 0.15) is 34.0 Å². The summed E-state index contributed by atoms with van der Waals surface area (Å²) >= 11 is 0. The van der Waals surface area contributed by atoms with Crippen LogP contribution >= 0.6 is 0 Å². The molecular weight excluding hydrogens is 388 g/mol. The highest BCUT2D eigenvalue weighted by Crippen LogP contribution is 2.27. The largest absolute Gasteiger partial charge is 0.493 e. The highest BCUT2D eigenvalue weighted by Gasteiger charge is 2.37. The molecule has 1 aliphatic rings. The first kappa shape index (κ1) is 20.8. The molecule has 8 heteroatoms. The molecule has 1 heterocycles. The Kier molecular flexibility index (Phi) is 5.68. The van der Waals surface area contributed by atoms with Crippen LogP contribution in [0.5, 0.6) is 5.75 Å². The second kappa shape index (κ2) is 8.20. The van der Waals surface area contributed by atoms with Crippen molar-refractivity contribution in [2.45, 2.75) is 20.8 Å². The van der Waals surface area contributed by atoms with Crippen molar-refractivity contribution in [3.8, 4) is 5.75 Å². The monoisotopic (exact) mass is 408 g/mol. The van der Waals surface area contributed by atoms with Gasteiger partial charge in [-0.25, -0.2) is 14.5 Å². The number of carboxylic acids is 1. The van der Waals surface area contributed by atoms with E-state index in [0.717, 1.165) is 16.0 Å². The Bertz CT molecular complexity index is 1100. The second-order valence-electron chi connectivity index (χ2n) is 6.72. The van der Waals surface area contributed by atoms with Crippen LogP contribution in [0.25, 0.3) is 6.08 Å². The van der Waals surface area contributed by atoms with Crippen molar-refractivity contribution in [2.24, 2.45) is 0 Å². The van der Waals surface area contributed by atoms with Crippen molar-refractivity contribution in [3.63, 3.8) is 0 Å². The van der Waals surface area contributed by atoms with Gasteiger partial charge in [0, 0.05) is 5.56 Å². The molecule has 0 bridgehead atoms. The maximum Gasteiger partial charge on any atom is 0.335 e. The number of amides is 4. The van der Waals surface area contributed by atoms with Crippen molar-refractivity contribution in [1.82, 2.24) is 5.32 Å². The number of hydrogen-bond acceptors (Lipinski definition) is 5. The summed E-state index contributed by atoms with van der Waals surface area (Å²) in [6.45, 7) is 5.80. The predicted molar refractivity (Wildman–Crippen MR) is 109 cm³/mol. The maximum atomic E-state index is 13.1. The Labute approximate surface area is 172 Å². The highest BCUT2D eigenvalue weighted by molar-refractivity contribution is 6.39. The van der Waals surface area contributed by atoms with Gasteiger partial charge in [0.1, 0.15) is 11.3 Å². The summed E-state index contributed by atoms with van der Waals surface area (Å²) in [6.07, 6.45) is 1.23. The molecule has 0 spiro atoms. The summed E-state index contributed by atoms with van der Waals surface area (Å²) in [4.78, 5) is 50.0. The molecule has 0 unspecified atom stereocenters. The Morgan fingerprint density at radius 2 is 1.83 bits per heavy atom. The van der Waals surface area contributed by atoms with Gasteiger partial charge < -0.3 is 9.84 Å². The van der Waals surface area contributed by atoms with Crippen molar-refractivity contribution < 1.29 is 29.0 Å². The fourth-order valence-electron chi connectivity index (χ4n) is 2.99. The van der Waals surface area contributed by atoms with Gasteiger partial charge in [0.25, 0.3) is 11.8 Å². The topological polar surface area (TPSA) is 113 Å². The van der Waals surface area contributed by atoms with Crippen LogP contribution in [0, 0.1) is 13.8 Å². The number of hydrogen-bond donors (Lipinski definition) is 2. The number of aryl methyl sites for hydroxylation is 2. The average Bonchev–Trinajstić information content (AvgIpc) is 2.68. The lowest BCUT2D eigenvalue weighted by Crippen LogP contribution is -2.54. The Morgan fingerprint density at radius 3 is 2.47 bits per heavy atom. The van der Waals surface area contributed by atoms with Gasteiger partial charge in [-0.05, 0) is 68.3 Å². The molecule has 1 saturated heterocycles. The summed E-state index contributed by atoms with van der Waals surface area (Å²) in [5.74, 6) is -2.53. The summed E-state index contributed by atoms with van der Waals surface area (Å²) in [6, 6.07) is 8.34. The number of carbonyl (C=O) groups excluding carboxylic acids is 3. The lowest BCUT2D eigenvalue weighted by atomic mass is 10.0. The number of nitrogens with zero attached hydrogens (tertiary/aromatic N) is 1. The number of carbonyl (C=O) groups is 4. The number of urea groups is 1. The minimum Gasteiger partial charge on any atom is -0.493 e. The van der Waals surface area contributed by atoms with E-state index in [4.69, 9.17) is 4.74 Å². The van der Waals surface area contributed by atoms with Crippen molar-refractivity contribution in [3.05, 3.63) is 64.2 Å². The minimum absolute atomic E-state index is 0.0314. The molecule has 2 N–H and O–H groups in total. The minimum atomic E-state index is -1.16. The summed E-state index contributed by atoms with van der Waals surface area (Å²) in [5, 5.41) is 11.4. The van der Waals surface area contributed by atoms with E-state index in [9.17, 15) is 24.3 Å². The normalized spacial score (nSPS) is 15.4. The predicted octanol–water partition coefficient (Wildman–Crippen LogP) is 3.07. The fourth-order valence-corrected chi connectivity index (χ4v) is 2.99. The summed E-state index contributed by atoms with van der Waals surface area (Å²) in [5.41, 5.74) is 2.09. The molecule has 0 saturated carbocycles. The van der Waals surface area contributed by atoms with Crippen LogP contribution in [0.2, 0.25) is 0 Å². The Hall–Kier alpha value is -3.94. The number of aromatic carboxylic acids is 1. The third kappa shape index (κ3) is 3.93. The first-order valence-corrected chi connectivity index (χ1v) is 9.21. The standard InChI is InChI=1S/C22H20N2O6/c1-4-30-18-8-6-14(21(27)28)10-15(18)11-17-19(25)23-22(29)24(20(17)26)16-7-5-12(2)13(3)9-16/h5-11H,4H2,1-3H3,(H,27,28)(H,23,25,29)/b17-11+. The zero-order valence-electron chi connectivity index (χ0n) is 16.7. The molecule has 2 aromatic rings. The second-order valence-corrected chi connectivity index (χ2v) is 6.72. The lowest BCUT2D eigenvalue weighted by molar-refractivity contribution is -0.122. The van der Waals surface area contributed by atoms with Gasteiger partial charge in [0.2, 0.25) is 0 Å². The summed E-state index contributed by atoms with van der Waals surface area (Å²) in [7, 11) is 0. The third-order valence-electron chi connectivity index (χ3n) is 4.71. The average molecular weight is 408 g/mol. The molecule has 154 valence electrons. The van der Waals surface area contributed by atoms with E-state index < -0.39 is 23.8 Å². The maximum absolute atomic E-state index is 13.1. The first-order chi connectivity index (χ1) is 14.2. The van der Waals surface area contributed by atoms with E-state index in [1.54, 1.807) is 25.1 Å². The number of imide groups is 2. The zero-order valence-corrected chi connectivity index (χ0v) is 16.7. The lowest BCUT2D eigenvalue weighted by Gasteiger charge is -2.27. The number of ether oxygens (including phenoxy) is 1. The van der Waals surface area contributed by atoms with E-state index in [1.807, 2.05) is 13.8 Å². The quantitative estimate of drug-likeness (QED) is 0.581. The van der Waals surface area contributed by atoms with Gasteiger partial charge in [0.15, 0.2) is 0 Å². The van der Waals surface area contributed by atoms with Crippen molar-refractivity contribution in [2.75, 3.05) is 11.5 Å². The number of anilines is 1. The zero-order chi connectivity index (χ0) is 22.0. The van der Waals surface area contributed by atoms with E-state index in [-0.39, 0.29) is 16.7 Å². The number of nitrogens with one attached hydrogen (secondary N) is 1. The van der Waals surface area contributed by atoms with Crippen molar-refractivity contribution in [1.29, 1.82) is 0 Å². The van der Waals surface area contributed by atoms with Gasteiger partial charge in [-0.15, -0.1) is 0 Å². The molecular formula is C22H20N2O6. The van der Waals surface area contributed by atoms with E-state index in [0.29, 0.717) is 18.0 Å². The Morgan fingerprint density at radius 1 is 1.10 bits per heavy atom. The molecule has 30 heavy (non-hydrogen) atoms. The number of rotatable bonds is 5. The van der Waals surface area contributed by atoms with E-state index in [1.165, 1.54) is 24.3 Å². The first-order valence-electron chi connectivity index (χ1n) is 9.21. The fraction of sp³-hybridized carbons (Fsp3) is 0.182. The van der Waals surface area contributed by atoms with Crippen molar-refractivity contribution >= 4 is 35.6 Å². The van der Waals surface area contributed by atoms with Gasteiger partial charge in [0.05, 0.1) is 17.9 Å². The number of carboxylic acid groups (broad SMARTS) is 1. The van der Waals surface area contributed by atoms with Crippen LogP contribution < -0.4 is 15.0 Å². The van der Waals surface area contributed by atoms with Gasteiger partial charge in [-0.3, -0.25) is 14.9 Å². The van der Waals surface area contributed by atoms with Crippen LogP contribution in [0.3, 0.4) is 0 Å². The molecule has 0 aliphatic carbocycles. The SMILES string of the molecule is CCOc1ccc(C(=O)O)cc1/C=C1\C(=O)NC(=O)N(c2ccc(C)c(C)c2)C1=O. The molecule has 4 amide bonds.